The molecule has 0 amide bonds. The Balaban J connectivity index is 2.39. The molecule has 0 saturated carbocycles. The molecule has 0 aliphatic heterocycles. The maximum absolute atomic E-state index is 12.3. The highest BCUT2D eigenvalue weighted by Crippen LogP contribution is 2.26. The Kier molecular flexibility index (Phi) is 8.00. The Hall–Kier alpha value is -1.32. The van der Waals surface area contributed by atoms with E-state index < -0.39 is 6.61 Å². The molecule has 1 rings (SSSR count). The van der Waals surface area contributed by atoms with Crippen LogP contribution in [0, 0.1) is 0 Å². The van der Waals surface area contributed by atoms with Crippen LogP contribution in [-0.4, -0.2) is 12.7 Å². The van der Waals surface area contributed by atoms with Gasteiger partial charge in [-0.1, -0.05) is 51.2 Å². The first-order valence-electron chi connectivity index (χ1n) is 7.43. The van der Waals surface area contributed by atoms with Crippen molar-refractivity contribution in [3.8, 4) is 5.75 Å². The smallest absolute Gasteiger partial charge is 0.387 e. The minimum Gasteiger partial charge on any atom is -0.433 e. The van der Waals surface area contributed by atoms with Crippen molar-refractivity contribution in [2.75, 3.05) is 5.32 Å². The van der Waals surface area contributed by atoms with Crippen LogP contribution in [0.2, 0.25) is 0 Å². The summed E-state index contributed by atoms with van der Waals surface area (Å²) < 4.78 is 29.1. The highest BCUT2D eigenvalue weighted by molar-refractivity contribution is 5.56. The molecule has 0 bridgehead atoms. The third-order valence-electron chi connectivity index (χ3n) is 3.25. The van der Waals surface area contributed by atoms with E-state index in [2.05, 4.69) is 23.9 Å². The molecule has 1 unspecified atom stereocenters. The summed E-state index contributed by atoms with van der Waals surface area (Å²) in [6.45, 7) is 1.48. The third kappa shape index (κ3) is 6.73. The molecule has 0 aromatic heterocycles. The molecule has 1 aromatic rings. The van der Waals surface area contributed by atoms with Crippen LogP contribution in [0.25, 0.3) is 0 Å². The largest absolute Gasteiger partial charge is 0.433 e. The van der Waals surface area contributed by atoms with Gasteiger partial charge in [0.2, 0.25) is 0 Å². The number of benzene rings is 1. The Morgan fingerprint density at radius 1 is 1.10 bits per heavy atom. The molecule has 114 valence electrons. The fourth-order valence-electron chi connectivity index (χ4n) is 2.18. The topological polar surface area (TPSA) is 21.3 Å². The fourth-order valence-corrected chi connectivity index (χ4v) is 2.18. The number of ether oxygens (including phenoxy) is 1. The van der Waals surface area contributed by atoms with Crippen LogP contribution >= 0.6 is 0 Å². The van der Waals surface area contributed by atoms with Crippen molar-refractivity contribution in [1.82, 2.24) is 0 Å². The van der Waals surface area contributed by atoms with E-state index in [1.807, 2.05) is 6.07 Å². The second kappa shape index (κ2) is 9.56. The molecule has 0 aliphatic rings. The van der Waals surface area contributed by atoms with Crippen molar-refractivity contribution in [3.63, 3.8) is 0 Å². The van der Waals surface area contributed by atoms with E-state index in [4.69, 9.17) is 0 Å². The number of hydrogen-bond donors (Lipinski definition) is 1. The zero-order chi connectivity index (χ0) is 14.8. The first kappa shape index (κ1) is 16.7. The number of para-hydroxylation sites is 2. The summed E-state index contributed by atoms with van der Waals surface area (Å²) in [5.74, 6) is 0.209. The van der Waals surface area contributed by atoms with Gasteiger partial charge in [-0.25, -0.2) is 0 Å². The molecule has 1 N–H and O–H groups in total. The Bertz CT molecular complexity index is 371. The Morgan fingerprint density at radius 2 is 1.80 bits per heavy atom. The van der Waals surface area contributed by atoms with Gasteiger partial charge in [-0.05, 0) is 25.5 Å². The van der Waals surface area contributed by atoms with E-state index in [-0.39, 0.29) is 11.8 Å². The molecule has 4 heteroatoms. The maximum Gasteiger partial charge on any atom is 0.387 e. The Labute approximate surface area is 120 Å². The van der Waals surface area contributed by atoms with Crippen molar-refractivity contribution >= 4 is 5.69 Å². The lowest BCUT2D eigenvalue weighted by atomic mass is 10.1. The zero-order valence-corrected chi connectivity index (χ0v) is 12.4. The van der Waals surface area contributed by atoms with E-state index in [0.29, 0.717) is 5.69 Å². The lowest BCUT2D eigenvalue weighted by Crippen LogP contribution is -2.16. The van der Waals surface area contributed by atoms with Crippen LogP contribution in [0.4, 0.5) is 14.5 Å². The van der Waals surface area contributed by atoms with Crippen LogP contribution in [0.1, 0.15) is 52.4 Å². The normalized spacial score (nSPS) is 12.4. The first-order valence-corrected chi connectivity index (χ1v) is 7.43. The molecule has 0 fully saturated rings. The molecule has 20 heavy (non-hydrogen) atoms. The molecular weight excluding hydrogens is 260 g/mol. The summed E-state index contributed by atoms with van der Waals surface area (Å²) in [6.07, 6.45) is 7.22. The van der Waals surface area contributed by atoms with Crippen molar-refractivity contribution in [3.05, 3.63) is 24.3 Å². The van der Waals surface area contributed by atoms with Crippen LogP contribution in [0.15, 0.2) is 24.3 Å². The van der Waals surface area contributed by atoms with Crippen LogP contribution in [0.5, 0.6) is 5.75 Å². The third-order valence-corrected chi connectivity index (χ3v) is 3.25. The molecule has 0 aliphatic carbocycles. The summed E-state index contributed by atoms with van der Waals surface area (Å²) in [7, 11) is 0. The minimum absolute atomic E-state index is 0.209. The Morgan fingerprint density at radius 3 is 2.50 bits per heavy atom. The van der Waals surface area contributed by atoms with Gasteiger partial charge in [0.05, 0.1) is 5.69 Å². The van der Waals surface area contributed by atoms with E-state index >= 15 is 0 Å². The molecule has 0 radical (unpaired) electrons. The van der Waals surface area contributed by atoms with E-state index in [1.54, 1.807) is 18.2 Å². The average Bonchev–Trinajstić information content (AvgIpc) is 2.40. The summed E-state index contributed by atoms with van der Waals surface area (Å²) in [5.41, 5.74) is 0.633. The lowest BCUT2D eigenvalue weighted by Gasteiger charge is -2.18. The van der Waals surface area contributed by atoms with Crippen LogP contribution in [0.3, 0.4) is 0 Å². The van der Waals surface area contributed by atoms with Gasteiger partial charge in [0.15, 0.2) is 0 Å². The number of halogens is 2. The second-order valence-corrected chi connectivity index (χ2v) is 5.12. The predicted molar refractivity (Wildman–Crippen MR) is 79.5 cm³/mol. The van der Waals surface area contributed by atoms with Gasteiger partial charge in [-0.2, -0.15) is 8.78 Å². The van der Waals surface area contributed by atoms with Gasteiger partial charge >= 0.3 is 6.61 Å². The molecule has 2 nitrogen and oxygen atoms in total. The number of rotatable bonds is 10. The summed E-state index contributed by atoms with van der Waals surface area (Å²) in [5, 5.41) is 3.25. The number of alkyl halides is 2. The summed E-state index contributed by atoms with van der Waals surface area (Å²) in [6, 6.07) is 7.08. The molecule has 0 spiro atoms. The van der Waals surface area contributed by atoms with Gasteiger partial charge in [-0.3, -0.25) is 0 Å². The molecular formula is C16H25F2NO. The standard InChI is InChI=1S/C16H25F2NO/c1-3-4-5-6-7-10-13(2)19-14-11-8-9-12-15(14)20-16(17)18/h8-9,11-13,16,19H,3-7,10H2,1-2H3. The molecule has 1 atom stereocenters. The van der Waals surface area contributed by atoms with Crippen LogP contribution in [-0.2, 0) is 0 Å². The van der Waals surface area contributed by atoms with E-state index in [9.17, 15) is 8.78 Å². The van der Waals surface area contributed by atoms with Gasteiger partial charge in [0.25, 0.3) is 0 Å². The van der Waals surface area contributed by atoms with Crippen molar-refractivity contribution in [2.45, 2.75) is 65.0 Å². The minimum atomic E-state index is -2.79. The SMILES string of the molecule is CCCCCCCC(C)Nc1ccccc1OC(F)F. The quantitative estimate of drug-likeness (QED) is 0.577. The van der Waals surface area contributed by atoms with Crippen molar-refractivity contribution < 1.29 is 13.5 Å². The number of nitrogens with one attached hydrogen (secondary N) is 1. The monoisotopic (exact) mass is 285 g/mol. The van der Waals surface area contributed by atoms with Crippen molar-refractivity contribution in [1.29, 1.82) is 0 Å². The predicted octanol–water partition coefficient (Wildman–Crippen LogP) is 5.45. The number of hydrogen-bond acceptors (Lipinski definition) is 2. The summed E-state index contributed by atoms with van der Waals surface area (Å²) >= 11 is 0. The number of unbranched alkanes of at least 4 members (excludes halogenated alkanes) is 4. The first-order chi connectivity index (χ1) is 9.63. The highest BCUT2D eigenvalue weighted by Gasteiger charge is 2.10. The molecule has 0 saturated heterocycles. The highest BCUT2D eigenvalue weighted by atomic mass is 19.3. The van der Waals surface area contributed by atoms with E-state index in [0.717, 1.165) is 12.8 Å². The van der Waals surface area contributed by atoms with Gasteiger partial charge in [0.1, 0.15) is 5.75 Å². The maximum atomic E-state index is 12.3. The lowest BCUT2D eigenvalue weighted by molar-refractivity contribution is -0.0493. The average molecular weight is 285 g/mol. The van der Waals surface area contributed by atoms with Gasteiger partial charge in [0, 0.05) is 6.04 Å². The summed E-state index contributed by atoms with van der Waals surface area (Å²) in [4.78, 5) is 0. The van der Waals surface area contributed by atoms with Gasteiger partial charge in [-0.15, -0.1) is 0 Å². The molecule has 1 aromatic carbocycles. The zero-order valence-electron chi connectivity index (χ0n) is 12.4. The fraction of sp³-hybridized carbons (Fsp3) is 0.625. The van der Waals surface area contributed by atoms with Crippen LogP contribution < -0.4 is 10.1 Å². The van der Waals surface area contributed by atoms with Gasteiger partial charge < -0.3 is 10.1 Å². The number of anilines is 1. The molecule has 0 heterocycles. The second-order valence-electron chi connectivity index (χ2n) is 5.12. The van der Waals surface area contributed by atoms with Crippen molar-refractivity contribution in [2.24, 2.45) is 0 Å². The van der Waals surface area contributed by atoms with E-state index in [1.165, 1.54) is 25.7 Å².